The van der Waals surface area contributed by atoms with Gasteiger partial charge in [0.25, 0.3) is 0 Å². The number of nitrogens with two attached hydrogens (primary N) is 1. The van der Waals surface area contributed by atoms with Crippen molar-refractivity contribution in [2.75, 3.05) is 37.4 Å². The molecule has 0 atom stereocenters. The van der Waals surface area contributed by atoms with Gasteiger partial charge in [-0.15, -0.1) is 5.10 Å². The van der Waals surface area contributed by atoms with E-state index in [4.69, 9.17) is 10.5 Å². The number of anilines is 2. The predicted octanol–water partition coefficient (Wildman–Crippen LogP) is 2.49. The molecule has 7 nitrogen and oxygen atoms in total. The summed E-state index contributed by atoms with van der Waals surface area (Å²) in [4.78, 5) is 14.4. The zero-order chi connectivity index (χ0) is 17.3. The number of rotatable bonds is 2. The Morgan fingerprint density at radius 1 is 1.20 bits per heavy atom. The lowest BCUT2D eigenvalue weighted by Gasteiger charge is -2.38. The first-order valence-corrected chi connectivity index (χ1v) is 8.70. The van der Waals surface area contributed by atoms with Crippen LogP contribution < -0.4 is 11.1 Å². The first-order chi connectivity index (χ1) is 12.2. The summed E-state index contributed by atoms with van der Waals surface area (Å²) < 4.78 is 7.21. The summed E-state index contributed by atoms with van der Waals surface area (Å²) in [5, 5.41) is 7.25. The molecule has 0 saturated carbocycles. The number of para-hydroxylation sites is 1. The third-order valence-corrected chi connectivity index (χ3v) is 5.28. The van der Waals surface area contributed by atoms with Gasteiger partial charge in [-0.1, -0.05) is 18.2 Å². The van der Waals surface area contributed by atoms with Gasteiger partial charge < -0.3 is 15.4 Å². The van der Waals surface area contributed by atoms with Crippen molar-refractivity contribution in [3.8, 4) is 5.69 Å². The molecule has 132 valence electrons. The Kier molecular flexibility index (Phi) is 4.09. The second kappa shape index (κ2) is 6.40. The highest BCUT2D eigenvalue weighted by molar-refractivity contribution is 5.91. The van der Waals surface area contributed by atoms with Crippen LogP contribution in [0.25, 0.3) is 5.69 Å². The van der Waals surface area contributed by atoms with Gasteiger partial charge in [0.1, 0.15) is 0 Å². The number of amides is 2. The van der Waals surface area contributed by atoms with Crippen molar-refractivity contribution in [2.45, 2.75) is 19.3 Å². The number of nitrogen functional groups attached to an aromatic ring is 1. The van der Waals surface area contributed by atoms with Crippen LogP contribution in [0.15, 0.2) is 36.5 Å². The van der Waals surface area contributed by atoms with Gasteiger partial charge in [-0.25, -0.2) is 9.48 Å². The van der Waals surface area contributed by atoms with Crippen LogP contribution in [0.3, 0.4) is 0 Å². The average molecular weight is 341 g/mol. The minimum Gasteiger partial charge on any atom is -0.394 e. The Morgan fingerprint density at radius 2 is 1.96 bits per heavy atom. The number of piperidine rings is 1. The number of hydrogen-bond donors (Lipinski definition) is 2. The number of nitrogens with zero attached hydrogens (tertiary/aromatic N) is 3. The van der Waals surface area contributed by atoms with Crippen LogP contribution in [0.2, 0.25) is 0 Å². The monoisotopic (exact) mass is 341 g/mol. The van der Waals surface area contributed by atoms with Gasteiger partial charge in [-0.2, -0.15) is 0 Å². The summed E-state index contributed by atoms with van der Waals surface area (Å²) >= 11 is 0. The lowest BCUT2D eigenvalue weighted by molar-refractivity contribution is 0.0947. The Bertz CT molecular complexity index is 742. The first-order valence-electron chi connectivity index (χ1n) is 8.70. The highest BCUT2D eigenvalue weighted by Gasteiger charge is 2.39. The van der Waals surface area contributed by atoms with E-state index in [0.717, 1.165) is 51.3 Å². The van der Waals surface area contributed by atoms with Gasteiger partial charge in [0.2, 0.25) is 0 Å². The number of carbonyl (C=O) groups excluding carboxylic acids is 1. The summed E-state index contributed by atoms with van der Waals surface area (Å²) in [6, 6.07) is 9.54. The van der Waals surface area contributed by atoms with Crippen LogP contribution in [0.4, 0.5) is 16.3 Å². The molecule has 2 aromatic rings. The van der Waals surface area contributed by atoms with E-state index in [-0.39, 0.29) is 11.4 Å². The van der Waals surface area contributed by atoms with E-state index >= 15 is 0 Å². The molecular weight excluding hydrogens is 318 g/mol. The molecule has 1 aromatic carbocycles. The van der Waals surface area contributed by atoms with E-state index in [1.165, 1.54) is 0 Å². The molecule has 3 heterocycles. The summed E-state index contributed by atoms with van der Waals surface area (Å²) in [7, 11) is 0. The highest BCUT2D eigenvalue weighted by atomic mass is 16.5. The Hall–Kier alpha value is -2.54. The van der Waals surface area contributed by atoms with E-state index in [0.29, 0.717) is 11.5 Å². The smallest absolute Gasteiger partial charge is 0.323 e. The number of likely N-dealkylation sites (tertiary alicyclic amines) is 1. The molecule has 2 aliphatic rings. The maximum Gasteiger partial charge on any atom is 0.323 e. The SMILES string of the molecule is Nc1cn(-c2ccccc2)nc1NC(=O)N1CCC2(CCOC2)CC1. The minimum atomic E-state index is -0.140. The maximum absolute atomic E-state index is 12.5. The topological polar surface area (TPSA) is 85.4 Å². The number of ether oxygens (including phenoxy) is 1. The molecule has 0 radical (unpaired) electrons. The molecule has 1 spiro atoms. The van der Waals surface area contributed by atoms with Crippen molar-refractivity contribution in [3.05, 3.63) is 36.5 Å². The normalized spacial score (nSPS) is 19.3. The van der Waals surface area contributed by atoms with E-state index in [1.54, 1.807) is 10.9 Å². The molecule has 2 fully saturated rings. The van der Waals surface area contributed by atoms with E-state index in [1.807, 2.05) is 35.2 Å². The van der Waals surface area contributed by atoms with Crippen LogP contribution in [-0.2, 0) is 4.74 Å². The standard InChI is InChI=1S/C18H23N5O2/c19-15-12-23(14-4-2-1-3-5-14)21-16(15)20-17(24)22-9-6-18(7-10-22)8-11-25-13-18/h1-5,12H,6-11,13,19H2,(H,20,21,24). The fourth-order valence-corrected chi connectivity index (χ4v) is 3.61. The van der Waals surface area contributed by atoms with Gasteiger partial charge in [0.15, 0.2) is 5.82 Å². The molecule has 0 aliphatic carbocycles. The van der Waals surface area contributed by atoms with E-state index in [2.05, 4.69) is 10.4 Å². The van der Waals surface area contributed by atoms with Crippen molar-refractivity contribution in [1.29, 1.82) is 0 Å². The average Bonchev–Trinajstić information content (AvgIpc) is 3.24. The third kappa shape index (κ3) is 3.19. The highest BCUT2D eigenvalue weighted by Crippen LogP contribution is 2.39. The lowest BCUT2D eigenvalue weighted by Crippen LogP contribution is -2.45. The molecule has 2 saturated heterocycles. The van der Waals surface area contributed by atoms with Crippen molar-refractivity contribution < 1.29 is 9.53 Å². The molecule has 25 heavy (non-hydrogen) atoms. The number of nitrogens with one attached hydrogen (secondary N) is 1. The second-order valence-electron chi connectivity index (χ2n) is 6.93. The first kappa shape index (κ1) is 16.0. The van der Waals surface area contributed by atoms with E-state index < -0.39 is 0 Å². The number of benzene rings is 1. The molecule has 2 aliphatic heterocycles. The lowest BCUT2D eigenvalue weighted by atomic mass is 9.78. The van der Waals surface area contributed by atoms with Crippen LogP contribution in [-0.4, -0.2) is 47.0 Å². The minimum absolute atomic E-state index is 0.140. The molecule has 3 N–H and O–H groups in total. The predicted molar refractivity (Wildman–Crippen MR) is 95.7 cm³/mol. The number of urea groups is 1. The number of hydrogen-bond acceptors (Lipinski definition) is 4. The molecule has 0 bridgehead atoms. The number of carbonyl (C=O) groups is 1. The van der Waals surface area contributed by atoms with Crippen LogP contribution in [0, 0.1) is 5.41 Å². The van der Waals surface area contributed by atoms with Crippen molar-refractivity contribution in [2.24, 2.45) is 5.41 Å². The van der Waals surface area contributed by atoms with Crippen molar-refractivity contribution >= 4 is 17.5 Å². The van der Waals surface area contributed by atoms with Gasteiger partial charge in [0.05, 0.1) is 24.2 Å². The Morgan fingerprint density at radius 3 is 2.64 bits per heavy atom. The van der Waals surface area contributed by atoms with Crippen molar-refractivity contribution in [1.82, 2.24) is 14.7 Å². The molecule has 2 amide bonds. The second-order valence-corrected chi connectivity index (χ2v) is 6.93. The fourth-order valence-electron chi connectivity index (χ4n) is 3.61. The molecule has 1 aromatic heterocycles. The van der Waals surface area contributed by atoms with Gasteiger partial charge >= 0.3 is 6.03 Å². The summed E-state index contributed by atoms with van der Waals surface area (Å²) in [5.41, 5.74) is 7.65. The third-order valence-electron chi connectivity index (χ3n) is 5.28. The van der Waals surface area contributed by atoms with Crippen molar-refractivity contribution in [3.63, 3.8) is 0 Å². The summed E-state index contributed by atoms with van der Waals surface area (Å²) in [6.07, 6.45) is 4.81. The van der Waals surface area contributed by atoms with Crippen LogP contribution in [0.1, 0.15) is 19.3 Å². The maximum atomic E-state index is 12.5. The fraction of sp³-hybridized carbons (Fsp3) is 0.444. The Balaban J connectivity index is 1.41. The van der Waals surface area contributed by atoms with Gasteiger partial charge in [-0.05, 0) is 36.8 Å². The van der Waals surface area contributed by atoms with Gasteiger partial charge in [0, 0.05) is 19.7 Å². The quantitative estimate of drug-likeness (QED) is 0.879. The largest absolute Gasteiger partial charge is 0.394 e. The summed E-state index contributed by atoms with van der Waals surface area (Å²) in [5.74, 6) is 0.401. The van der Waals surface area contributed by atoms with Gasteiger partial charge in [-0.3, -0.25) is 5.32 Å². The van der Waals surface area contributed by atoms with E-state index in [9.17, 15) is 4.79 Å². The zero-order valence-electron chi connectivity index (χ0n) is 14.1. The molecule has 4 rings (SSSR count). The van der Waals surface area contributed by atoms with Crippen LogP contribution >= 0.6 is 0 Å². The van der Waals surface area contributed by atoms with Crippen LogP contribution in [0.5, 0.6) is 0 Å². The summed E-state index contributed by atoms with van der Waals surface area (Å²) in [6.45, 7) is 3.17. The number of aromatic nitrogens is 2. The Labute approximate surface area is 146 Å². The zero-order valence-corrected chi connectivity index (χ0v) is 14.1. The molecular formula is C18H23N5O2. The molecule has 0 unspecified atom stereocenters. The molecule has 7 heteroatoms.